The van der Waals surface area contributed by atoms with Gasteiger partial charge in [0, 0.05) is 29.2 Å². The maximum atomic E-state index is 14.9. The van der Waals surface area contributed by atoms with E-state index in [-0.39, 0.29) is 29.0 Å². The molecule has 1 atom stereocenters. The first kappa shape index (κ1) is 22.4. The summed E-state index contributed by atoms with van der Waals surface area (Å²) in [6, 6.07) is 10.2. The highest BCUT2D eigenvalue weighted by Gasteiger charge is 2.28. The molecule has 0 saturated heterocycles. The summed E-state index contributed by atoms with van der Waals surface area (Å²) in [5, 5.41) is 3.09. The quantitative estimate of drug-likeness (QED) is 0.350. The largest absolute Gasteiger partial charge is 0.493 e. The van der Waals surface area contributed by atoms with Gasteiger partial charge in [0.2, 0.25) is 0 Å². The van der Waals surface area contributed by atoms with Crippen LogP contribution in [0.2, 0.25) is 0 Å². The van der Waals surface area contributed by atoms with Crippen molar-refractivity contribution in [3.63, 3.8) is 0 Å². The molecule has 4 aromatic rings. The summed E-state index contributed by atoms with van der Waals surface area (Å²) in [5.41, 5.74) is 2.12. The van der Waals surface area contributed by atoms with Gasteiger partial charge >= 0.3 is 0 Å². The number of rotatable bonds is 4. The Morgan fingerprint density at radius 3 is 2.62 bits per heavy atom. The summed E-state index contributed by atoms with van der Waals surface area (Å²) >= 11 is 1.09. The maximum absolute atomic E-state index is 14.9. The molecule has 0 radical (unpaired) electrons. The van der Waals surface area contributed by atoms with Crippen molar-refractivity contribution < 1.29 is 22.7 Å². The fourth-order valence-electron chi connectivity index (χ4n) is 4.41. The summed E-state index contributed by atoms with van der Waals surface area (Å²) in [4.78, 5) is 18.1. The number of amides is 1. The lowest BCUT2D eigenvalue weighted by atomic mass is 9.98. The number of thiophene rings is 1. The summed E-state index contributed by atoms with van der Waals surface area (Å²) < 4.78 is 48.8. The van der Waals surface area contributed by atoms with Gasteiger partial charge in [-0.15, -0.1) is 11.3 Å². The molecule has 4 nitrogen and oxygen atoms in total. The molecule has 0 unspecified atom stereocenters. The van der Waals surface area contributed by atoms with Crippen LogP contribution >= 0.6 is 11.3 Å². The molecule has 1 aliphatic rings. The average molecular weight is 483 g/mol. The molecule has 5 rings (SSSR count). The Kier molecular flexibility index (Phi) is 5.77. The Morgan fingerprint density at radius 2 is 1.88 bits per heavy atom. The fraction of sp³-hybridized carbons (Fsp3) is 0.231. The van der Waals surface area contributed by atoms with Gasteiger partial charge in [0.05, 0.1) is 33.9 Å². The Labute approximate surface area is 198 Å². The second-order valence-corrected chi connectivity index (χ2v) is 9.54. The number of halogens is 3. The normalized spacial score (nSPS) is 15.3. The van der Waals surface area contributed by atoms with E-state index in [0.29, 0.717) is 33.7 Å². The van der Waals surface area contributed by atoms with E-state index in [9.17, 15) is 18.0 Å². The molecule has 2 aromatic heterocycles. The van der Waals surface area contributed by atoms with Crippen LogP contribution in [0.1, 0.15) is 53.0 Å². The molecule has 1 amide bonds. The van der Waals surface area contributed by atoms with Gasteiger partial charge in [-0.3, -0.25) is 9.78 Å². The van der Waals surface area contributed by atoms with Gasteiger partial charge < -0.3 is 10.1 Å². The molecule has 0 aliphatic carbocycles. The minimum atomic E-state index is -0.809. The third-order valence-corrected chi connectivity index (χ3v) is 7.10. The third kappa shape index (κ3) is 3.92. The fourth-order valence-corrected chi connectivity index (χ4v) is 5.79. The summed E-state index contributed by atoms with van der Waals surface area (Å²) in [7, 11) is 0. The molecule has 0 bridgehead atoms. The van der Waals surface area contributed by atoms with E-state index in [1.165, 1.54) is 0 Å². The van der Waals surface area contributed by atoms with Crippen molar-refractivity contribution in [1.29, 1.82) is 0 Å². The number of hydrogen-bond donors (Lipinski definition) is 1. The Morgan fingerprint density at radius 1 is 1.15 bits per heavy atom. The summed E-state index contributed by atoms with van der Waals surface area (Å²) in [6.07, 6.45) is 1.65. The van der Waals surface area contributed by atoms with Crippen LogP contribution in [-0.4, -0.2) is 17.5 Å². The van der Waals surface area contributed by atoms with Crippen LogP contribution in [0.3, 0.4) is 0 Å². The molecule has 0 spiro atoms. The van der Waals surface area contributed by atoms with Crippen LogP contribution in [-0.2, 0) is 0 Å². The topological polar surface area (TPSA) is 51.2 Å². The van der Waals surface area contributed by atoms with Crippen molar-refractivity contribution in [2.45, 2.75) is 32.2 Å². The van der Waals surface area contributed by atoms with Gasteiger partial charge in [0.25, 0.3) is 5.91 Å². The molecule has 3 heterocycles. The van der Waals surface area contributed by atoms with Crippen LogP contribution in [0.5, 0.6) is 5.75 Å². The van der Waals surface area contributed by atoms with E-state index in [1.807, 2.05) is 38.1 Å². The van der Waals surface area contributed by atoms with Crippen molar-refractivity contribution in [2.24, 2.45) is 0 Å². The second kappa shape index (κ2) is 8.76. The molecular weight excluding hydrogens is 461 g/mol. The van der Waals surface area contributed by atoms with Gasteiger partial charge in [-0.05, 0) is 29.7 Å². The number of ether oxygens (including phenoxy) is 1. The first-order valence-corrected chi connectivity index (χ1v) is 11.7. The van der Waals surface area contributed by atoms with Crippen molar-refractivity contribution in [3.8, 4) is 16.9 Å². The molecule has 0 fully saturated rings. The van der Waals surface area contributed by atoms with E-state index in [1.54, 1.807) is 0 Å². The minimum absolute atomic E-state index is 0.0331. The number of pyridine rings is 1. The van der Waals surface area contributed by atoms with E-state index in [2.05, 4.69) is 10.3 Å². The highest BCUT2D eigenvalue weighted by atomic mass is 32.1. The van der Waals surface area contributed by atoms with Crippen molar-refractivity contribution >= 4 is 27.5 Å². The number of aromatic nitrogens is 1. The van der Waals surface area contributed by atoms with E-state index < -0.39 is 17.5 Å². The number of fused-ring (bicyclic) bond motifs is 2. The number of hydrogen-bond acceptors (Lipinski definition) is 4. The van der Waals surface area contributed by atoms with Crippen molar-refractivity contribution in [2.75, 3.05) is 6.61 Å². The molecular formula is C26H21F3N2O2S. The zero-order valence-electron chi connectivity index (χ0n) is 18.5. The number of nitrogens with zero attached hydrogens (tertiary/aromatic N) is 1. The summed E-state index contributed by atoms with van der Waals surface area (Å²) in [6.45, 7) is 4.33. The first-order valence-electron chi connectivity index (χ1n) is 10.9. The second-order valence-electron chi connectivity index (χ2n) is 8.52. The predicted octanol–water partition coefficient (Wildman–Crippen LogP) is 6.76. The SMILES string of the molecule is CC(C)c1c(C(=O)N[C@H]2CCOc3ccccc32)sc2c(-c3cc(F)cc(F)c3)c(F)cnc12. The Bertz CT molecular complexity index is 1400. The van der Waals surface area contributed by atoms with Crippen LogP contribution in [0.4, 0.5) is 13.2 Å². The monoisotopic (exact) mass is 482 g/mol. The van der Waals surface area contributed by atoms with Crippen LogP contribution in [0.25, 0.3) is 21.3 Å². The van der Waals surface area contributed by atoms with Crippen molar-refractivity contribution in [1.82, 2.24) is 10.3 Å². The van der Waals surface area contributed by atoms with Crippen LogP contribution in [0.15, 0.2) is 48.7 Å². The Hall–Kier alpha value is -3.39. The minimum Gasteiger partial charge on any atom is -0.493 e. The smallest absolute Gasteiger partial charge is 0.262 e. The maximum Gasteiger partial charge on any atom is 0.262 e. The zero-order valence-corrected chi connectivity index (χ0v) is 19.3. The Balaban J connectivity index is 1.62. The lowest BCUT2D eigenvalue weighted by Gasteiger charge is -2.26. The number of carbonyl (C=O) groups excluding carboxylic acids is 1. The van der Waals surface area contributed by atoms with Gasteiger partial charge in [-0.1, -0.05) is 32.0 Å². The lowest BCUT2D eigenvalue weighted by Crippen LogP contribution is -2.32. The summed E-state index contributed by atoms with van der Waals surface area (Å²) in [5.74, 6) is -1.98. The lowest BCUT2D eigenvalue weighted by molar-refractivity contribution is 0.0928. The van der Waals surface area contributed by atoms with Crippen LogP contribution < -0.4 is 10.1 Å². The van der Waals surface area contributed by atoms with Crippen molar-refractivity contribution in [3.05, 3.63) is 82.1 Å². The highest BCUT2D eigenvalue weighted by Crippen LogP contribution is 2.42. The van der Waals surface area contributed by atoms with Gasteiger partial charge in [-0.25, -0.2) is 13.2 Å². The van der Waals surface area contributed by atoms with E-state index in [0.717, 1.165) is 47.0 Å². The van der Waals surface area contributed by atoms with Gasteiger partial charge in [-0.2, -0.15) is 0 Å². The average Bonchev–Trinajstić information content (AvgIpc) is 3.18. The molecule has 1 aliphatic heterocycles. The molecule has 0 saturated carbocycles. The molecule has 8 heteroatoms. The molecule has 34 heavy (non-hydrogen) atoms. The standard InChI is InChI=1S/C26H21F3N2O2S/c1-13(2)21-23-24(22(18(29)12-30-23)14-9-15(27)11-16(28)10-14)34-25(21)26(32)31-19-7-8-33-20-6-4-3-5-17(19)20/h3-6,9-13,19H,7-8H2,1-2H3,(H,31,32)/t19-/m0/s1. The molecule has 174 valence electrons. The van der Waals surface area contributed by atoms with Gasteiger partial charge in [0.1, 0.15) is 17.4 Å². The third-order valence-electron chi connectivity index (χ3n) is 5.89. The predicted molar refractivity (Wildman–Crippen MR) is 126 cm³/mol. The number of nitrogens with one attached hydrogen (secondary N) is 1. The molecule has 1 N–H and O–H groups in total. The van der Waals surface area contributed by atoms with Crippen LogP contribution in [0, 0.1) is 17.5 Å². The first-order chi connectivity index (χ1) is 16.3. The number of para-hydroxylation sites is 1. The van der Waals surface area contributed by atoms with E-state index in [4.69, 9.17) is 4.74 Å². The highest BCUT2D eigenvalue weighted by molar-refractivity contribution is 7.21. The van der Waals surface area contributed by atoms with E-state index >= 15 is 0 Å². The zero-order chi connectivity index (χ0) is 24.0. The molecule has 2 aromatic carbocycles. The number of carbonyl (C=O) groups is 1. The van der Waals surface area contributed by atoms with Gasteiger partial charge in [0.15, 0.2) is 5.82 Å². The number of benzene rings is 2.